The minimum absolute atomic E-state index is 0.0413. The van der Waals surface area contributed by atoms with Crippen LogP contribution in [0.4, 0.5) is 0 Å². The van der Waals surface area contributed by atoms with Gasteiger partial charge in [-0.1, -0.05) is 0 Å². The molecule has 0 atom stereocenters. The molecule has 0 saturated carbocycles. The molecule has 0 spiro atoms. The summed E-state index contributed by atoms with van der Waals surface area (Å²) >= 11 is 0. The molecule has 0 aromatic heterocycles. The van der Waals surface area contributed by atoms with Crippen LogP contribution < -0.4 is 4.74 Å². The second kappa shape index (κ2) is 7.51. The zero-order valence-corrected chi connectivity index (χ0v) is 16.5. The SMILES string of the molecule is COc1ccc(C=CC(=O)OC2CC(C)(C)N(C)C(C)(C)C2)c(C#N)c1. The van der Waals surface area contributed by atoms with Gasteiger partial charge in [-0.15, -0.1) is 0 Å². The molecule has 2 rings (SSSR count). The van der Waals surface area contributed by atoms with Crippen LogP contribution in [-0.4, -0.2) is 42.2 Å². The molecule has 0 radical (unpaired) electrons. The van der Waals surface area contributed by atoms with Gasteiger partial charge < -0.3 is 9.47 Å². The van der Waals surface area contributed by atoms with Crippen molar-refractivity contribution in [2.24, 2.45) is 0 Å². The lowest BCUT2D eigenvalue weighted by molar-refractivity contribution is -0.152. The van der Waals surface area contributed by atoms with Crippen LogP contribution in [-0.2, 0) is 9.53 Å². The van der Waals surface area contributed by atoms with Gasteiger partial charge >= 0.3 is 5.97 Å². The number of piperidine rings is 1. The fourth-order valence-corrected chi connectivity index (χ4v) is 3.63. The fourth-order valence-electron chi connectivity index (χ4n) is 3.63. The van der Waals surface area contributed by atoms with Crippen LogP contribution in [0, 0.1) is 11.3 Å². The van der Waals surface area contributed by atoms with Crippen LogP contribution in [0.2, 0.25) is 0 Å². The average Bonchev–Trinajstić information content (AvgIpc) is 2.57. The van der Waals surface area contributed by atoms with E-state index in [9.17, 15) is 10.1 Å². The first-order valence-corrected chi connectivity index (χ1v) is 8.80. The number of nitriles is 1. The Morgan fingerprint density at radius 2 is 1.88 bits per heavy atom. The van der Waals surface area contributed by atoms with E-state index in [1.54, 1.807) is 31.4 Å². The highest BCUT2D eigenvalue weighted by Gasteiger charge is 2.44. The Morgan fingerprint density at radius 3 is 2.42 bits per heavy atom. The number of rotatable bonds is 4. The highest BCUT2D eigenvalue weighted by atomic mass is 16.5. The average molecular weight is 356 g/mol. The summed E-state index contributed by atoms with van der Waals surface area (Å²) in [7, 11) is 3.67. The first kappa shape index (κ1) is 20.0. The Hall–Kier alpha value is -2.32. The zero-order valence-electron chi connectivity index (χ0n) is 16.5. The van der Waals surface area contributed by atoms with Gasteiger partial charge in [0.25, 0.3) is 0 Å². The molecule has 1 aromatic carbocycles. The molecule has 26 heavy (non-hydrogen) atoms. The Kier molecular flexibility index (Phi) is 5.77. The third kappa shape index (κ3) is 4.44. The Balaban J connectivity index is 2.07. The molecule has 1 fully saturated rings. The van der Waals surface area contributed by atoms with E-state index in [2.05, 4.69) is 45.7 Å². The molecule has 0 unspecified atom stereocenters. The molecule has 0 aliphatic carbocycles. The predicted molar refractivity (Wildman–Crippen MR) is 102 cm³/mol. The lowest BCUT2D eigenvalue weighted by Gasteiger charge is -2.53. The summed E-state index contributed by atoms with van der Waals surface area (Å²) in [6, 6.07) is 7.27. The van der Waals surface area contributed by atoms with Crippen molar-refractivity contribution in [1.82, 2.24) is 4.90 Å². The molecule has 140 valence electrons. The summed E-state index contributed by atoms with van der Waals surface area (Å²) in [4.78, 5) is 14.6. The first-order chi connectivity index (χ1) is 12.1. The number of nitrogens with zero attached hydrogens (tertiary/aromatic N) is 2. The van der Waals surface area contributed by atoms with Gasteiger partial charge in [-0.05, 0) is 64.6 Å². The van der Waals surface area contributed by atoms with Crippen LogP contribution in [0.5, 0.6) is 5.75 Å². The number of hydrogen-bond acceptors (Lipinski definition) is 5. The quantitative estimate of drug-likeness (QED) is 0.607. The van der Waals surface area contributed by atoms with E-state index < -0.39 is 0 Å². The Bertz CT molecular complexity index is 726. The van der Waals surface area contributed by atoms with Crippen LogP contribution in [0.15, 0.2) is 24.3 Å². The maximum atomic E-state index is 12.3. The number of carbonyl (C=O) groups excluding carboxylic acids is 1. The van der Waals surface area contributed by atoms with Crippen molar-refractivity contribution in [3.8, 4) is 11.8 Å². The minimum atomic E-state index is -0.383. The van der Waals surface area contributed by atoms with E-state index in [0.717, 1.165) is 12.8 Å². The van der Waals surface area contributed by atoms with Crippen molar-refractivity contribution in [2.45, 2.75) is 57.7 Å². The summed E-state index contributed by atoms with van der Waals surface area (Å²) in [5.74, 6) is 0.225. The van der Waals surface area contributed by atoms with Crippen LogP contribution in [0.3, 0.4) is 0 Å². The van der Waals surface area contributed by atoms with Gasteiger partial charge in [-0.3, -0.25) is 4.90 Å². The molecule has 1 aromatic rings. The minimum Gasteiger partial charge on any atom is -0.497 e. The molecular weight excluding hydrogens is 328 g/mol. The van der Waals surface area contributed by atoms with Crippen molar-refractivity contribution in [2.75, 3.05) is 14.2 Å². The van der Waals surface area contributed by atoms with E-state index in [1.807, 2.05) is 0 Å². The van der Waals surface area contributed by atoms with Crippen molar-refractivity contribution >= 4 is 12.0 Å². The maximum Gasteiger partial charge on any atom is 0.331 e. The molecule has 1 saturated heterocycles. The predicted octanol–water partition coefficient (Wildman–Crippen LogP) is 3.77. The molecular formula is C21H28N2O3. The summed E-state index contributed by atoms with van der Waals surface area (Å²) in [6.45, 7) is 8.67. The maximum absolute atomic E-state index is 12.3. The number of likely N-dealkylation sites (tertiary alicyclic amines) is 1. The van der Waals surface area contributed by atoms with Crippen LogP contribution in [0.25, 0.3) is 6.08 Å². The third-order valence-corrected chi connectivity index (χ3v) is 5.33. The molecule has 1 aliphatic heterocycles. The van der Waals surface area contributed by atoms with E-state index in [0.29, 0.717) is 16.9 Å². The smallest absolute Gasteiger partial charge is 0.331 e. The van der Waals surface area contributed by atoms with Gasteiger partial charge in [0.05, 0.1) is 18.7 Å². The normalized spacial score (nSPS) is 19.9. The van der Waals surface area contributed by atoms with Crippen LogP contribution >= 0.6 is 0 Å². The molecule has 1 aliphatic rings. The summed E-state index contributed by atoms with van der Waals surface area (Å²) in [6.07, 6.45) is 4.46. The van der Waals surface area contributed by atoms with Gasteiger partial charge in [0.15, 0.2) is 0 Å². The van der Waals surface area contributed by atoms with Gasteiger partial charge in [-0.25, -0.2) is 4.79 Å². The third-order valence-electron chi connectivity index (χ3n) is 5.33. The molecule has 5 heteroatoms. The Morgan fingerprint density at radius 1 is 1.27 bits per heavy atom. The molecule has 5 nitrogen and oxygen atoms in total. The Labute approximate surface area is 156 Å². The molecule has 0 N–H and O–H groups in total. The van der Waals surface area contributed by atoms with Gasteiger partial charge in [0.2, 0.25) is 0 Å². The second-order valence-corrected chi connectivity index (χ2v) is 8.05. The van der Waals surface area contributed by atoms with Crippen LogP contribution in [0.1, 0.15) is 51.7 Å². The topological polar surface area (TPSA) is 62.6 Å². The van der Waals surface area contributed by atoms with E-state index >= 15 is 0 Å². The van der Waals surface area contributed by atoms with Crippen molar-refractivity contribution in [3.63, 3.8) is 0 Å². The number of hydrogen-bond donors (Lipinski definition) is 0. The highest BCUT2D eigenvalue weighted by molar-refractivity contribution is 5.87. The van der Waals surface area contributed by atoms with Crippen molar-refractivity contribution < 1.29 is 14.3 Å². The summed E-state index contributed by atoms with van der Waals surface area (Å²) in [5.41, 5.74) is 1.03. The van der Waals surface area contributed by atoms with Crippen molar-refractivity contribution in [3.05, 3.63) is 35.4 Å². The number of ether oxygens (including phenoxy) is 2. The first-order valence-electron chi connectivity index (χ1n) is 8.80. The lowest BCUT2D eigenvalue weighted by atomic mass is 9.79. The highest BCUT2D eigenvalue weighted by Crippen LogP contribution is 2.38. The van der Waals surface area contributed by atoms with Gasteiger partial charge in [0, 0.05) is 30.0 Å². The molecule has 1 heterocycles. The van der Waals surface area contributed by atoms with E-state index in [1.165, 1.54) is 6.08 Å². The number of carbonyl (C=O) groups is 1. The lowest BCUT2D eigenvalue weighted by Crippen LogP contribution is -2.60. The monoisotopic (exact) mass is 356 g/mol. The van der Waals surface area contributed by atoms with Gasteiger partial charge in [-0.2, -0.15) is 5.26 Å². The summed E-state index contributed by atoms with van der Waals surface area (Å²) in [5, 5.41) is 9.24. The number of esters is 1. The standard InChI is InChI=1S/C21H28N2O3/c1-20(2)12-18(13-21(3,4)23(20)5)26-19(24)10-8-15-7-9-17(25-6)11-16(15)14-22/h7-11,18H,12-13H2,1-6H3. The fraction of sp³-hybridized carbons (Fsp3) is 0.524. The summed E-state index contributed by atoms with van der Waals surface area (Å²) < 4.78 is 10.8. The van der Waals surface area contributed by atoms with Crippen molar-refractivity contribution in [1.29, 1.82) is 5.26 Å². The largest absolute Gasteiger partial charge is 0.497 e. The van der Waals surface area contributed by atoms with E-state index in [-0.39, 0.29) is 23.2 Å². The van der Waals surface area contributed by atoms with E-state index in [4.69, 9.17) is 9.47 Å². The number of benzene rings is 1. The second-order valence-electron chi connectivity index (χ2n) is 8.05. The molecule has 0 bridgehead atoms. The van der Waals surface area contributed by atoms with Gasteiger partial charge in [0.1, 0.15) is 11.9 Å². The zero-order chi connectivity index (χ0) is 19.5. The number of methoxy groups -OCH3 is 1. The molecule has 0 amide bonds.